The molecule has 0 fully saturated rings. The molecular formula is C9H14N4O. The predicted molar refractivity (Wildman–Crippen MR) is 53.7 cm³/mol. The van der Waals surface area contributed by atoms with Gasteiger partial charge in [0.2, 0.25) is 5.91 Å². The van der Waals surface area contributed by atoms with Crippen LogP contribution >= 0.6 is 0 Å². The molecule has 0 unspecified atom stereocenters. The summed E-state index contributed by atoms with van der Waals surface area (Å²) in [7, 11) is 0. The van der Waals surface area contributed by atoms with Crippen LogP contribution in [0.3, 0.4) is 0 Å². The van der Waals surface area contributed by atoms with Gasteiger partial charge in [0.25, 0.3) is 0 Å². The average molecular weight is 194 g/mol. The monoisotopic (exact) mass is 194 g/mol. The molecule has 0 bridgehead atoms. The summed E-state index contributed by atoms with van der Waals surface area (Å²) >= 11 is 0. The maximum Gasteiger partial charge on any atom is 0.242 e. The number of rotatable bonds is 3. The highest BCUT2D eigenvalue weighted by Crippen LogP contribution is 2.13. The molecule has 0 radical (unpaired) electrons. The molecule has 0 aliphatic heterocycles. The number of hydrogen-bond donors (Lipinski definition) is 2. The Kier molecular flexibility index (Phi) is 2.69. The van der Waals surface area contributed by atoms with Crippen molar-refractivity contribution in [3.05, 3.63) is 18.1 Å². The summed E-state index contributed by atoms with van der Waals surface area (Å²) in [6.45, 7) is 5.21. The zero-order chi connectivity index (χ0) is 10.8. The van der Waals surface area contributed by atoms with Crippen LogP contribution in [0.25, 0.3) is 0 Å². The second kappa shape index (κ2) is 3.61. The smallest absolute Gasteiger partial charge is 0.242 e. The number of aromatic nitrogens is 2. The van der Waals surface area contributed by atoms with Gasteiger partial charge in [-0.2, -0.15) is 0 Å². The number of hydrogen-bond acceptors (Lipinski definition) is 4. The lowest BCUT2D eigenvalue weighted by molar-refractivity contribution is -0.121. The minimum absolute atomic E-state index is 0.428. The third-order valence-corrected chi connectivity index (χ3v) is 1.93. The van der Waals surface area contributed by atoms with Gasteiger partial charge in [-0.15, -0.1) is 0 Å². The molecule has 5 nitrogen and oxygen atoms in total. The van der Waals surface area contributed by atoms with Crippen molar-refractivity contribution in [3.8, 4) is 0 Å². The minimum atomic E-state index is -0.819. The highest BCUT2D eigenvalue weighted by Gasteiger charge is 2.25. The van der Waals surface area contributed by atoms with E-state index < -0.39 is 11.4 Å². The third-order valence-electron chi connectivity index (χ3n) is 1.93. The van der Waals surface area contributed by atoms with E-state index in [4.69, 9.17) is 5.73 Å². The number of aryl methyl sites for hydroxylation is 1. The number of nitrogens with zero attached hydrogens (tertiary/aromatic N) is 2. The first kappa shape index (κ1) is 10.4. The van der Waals surface area contributed by atoms with Crippen LogP contribution in [0.1, 0.15) is 19.5 Å². The summed E-state index contributed by atoms with van der Waals surface area (Å²) in [5, 5.41) is 2.94. The Morgan fingerprint density at radius 2 is 2.00 bits per heavy atom. The quantitative estimate of drug-likeness (QED) is 0.732. The number of primary amides is 1. The molecule has 76 valence electrons. The molecule has 0 aliphatic rings. The van der Waals surface area contributed by atoms with Gasteiger partial charge in [-0.3, -0.25) is 9.78 Å². The summed E-state index contributed by atoms with van der Waals surface area (Å²) in [5.74, 6) is 0.152. The van der Waals surface area contributed by atoms with Gasteiger partial charge in [0.05, 0.1) is 5.69 Å². The fourth-order valence-corrected chi connectivity index (χ4v) is 0.888. The lowest BCUT2D eigenvalue weighted by Gasteiger charge is -2.23. The molecule has 3 N–H and O–H groups in total. The van der Waals surface area contributed by atoms with Gasteiger partial charge < -0.3 is 11.1 Å². The first-order valence-electron chi connectivity index (χ1n) is 4.29. The molecule has 0 spiro atoms. The maximum atomic E-state index is 11.0. The topological polar surface area (TPSA) is 80.9 Å². The molecule has 1 heterocycles. The number of amides is 1. The standard InChI is InChI=1S/C9H14N4O/c1-6-7(12-5-4-11-6)13-9(2,3)8(10)14/h4-5H,1-3H3,(H2,10,14)(H,12,13). The Morgan fingerprint density at radius 3 is 2.50 bits per heavy atom. The Hall–Kier alpha value is -1.65. The molecule has 0 atom stereocenters. The van der Waals surface area contributed by atoms with Gasteiger partial charge in [0, 0.05) is 12.4 Å². The average Bonchev–Trinajstić information content (AvgIpc) is 2.08. The summed E-state index contributed by atoms with van der Waals surface area (Å²) in [5.41, 5.74) is 5.14. The van der Waals surface area contributed by atoms with Crippen LogP contribution in [-0.2, 0) is 4.79 Å². The second-order valence-corrected chi connectivity index (χ2v) is 3.60. The van der Waals surface area contributed by atoms with Gasteiger partial charge in [-0.1, -0.05) is 0 Å². The third kappa shape index (κ3) is 2.18. The molecule has 1 aromatic rings. The Balaban J connectivity index is 2.89. The van der Waals surface area contributed by atoms with Crippen molar-refractivity contribution in [3.63, 3.8) is 0 Å². The van der Waals surface area contributed by atoms with Crippen molar-refractivity contribution in [2.75, 3.05) is 5.32 Å². The first-order chi connectivity index (χ1) is 6.43. The molecule has 0 saturated carbocycles. The van der Waals surface area contributed by atoms with E-state index >= 15 is 0 Å². The zero-order valence-corrected chi connectivity index (χ0v) is 8.53. The largest absolute Gasteiger partial charge is 0.368 e. The van der Waals surface area contributed by atoms with Gasteiger partial charge in [0.15, 0.2) is 0 Å². The molecule has 1 amide bonds. The lowest BCUT2D eigenvalue weighted by atomic mass is 10.1. The highest BCUT2D eigenvalue weighted by atomic mass is 16.1. The molecule has 5 heteroatoms. The van der Waals surface area contributed by atoms with Crippen LogP contribution < -0.4 is 11.1 Å². The van der Waals surface area contributed by atoms with Gasteiger partial charge in [-0.25, -0.2) is 4.98 Å². The Labute approximate surface area is 82.7 Å². The zero-order valence-electron chi connectivity index (χ0n) is 8.53. The Morgan fingerprint density at radius 1 is 1.43 bits per heavy atom. The predicted octanol–water partition coefficient (Wildman–Crippen LogP) is 0.461. The van der Waals surface area contributed by atoms with Crippen molar-refractivity contribution in [2.45, 2.75) is 26.3 Å². The van der Waals surface area contributed by atoms with Crippen molar-refractivity contribution >= 4 is 11.7 Å². The fourth-order valence-electron chi connectivity index (χ4n) is 0.888. The van der Waals surface area contributed by atoms with Crippen molar-refractivity contribution in [2.24, 2.45) is 5.73 Å². The van der Waals surface area contributed by atoms with Crippen molar-refractivity contribution in [1.82, 2.24) is 9.97 Å². The summed E-state index contributed by atoms with van der Waals surface area (Å²) in [4.78, 5) is 19.2. The second-order valence-electron chi connectivity index (χ2n) is 3.60. The summed E-state index contributed by atoms with van der Waals surface area (Å²) in [6.07, 6.45) is 3.16. The molecule has 14 heavy (non-hydrogen) atoms. The number of nitrogens with one attached hydrogen (secondary N) is 1. The molecule has 0 saturated heterocycles. The van der Waals surface area contributed by atoms with Gasteiger partial charge >= 0.3 is 0 Å². The SMILES string of the molecule is Cc1nccnc1NC(C)(C)C(N)=O. The van der Waals surface area contributed by atoms with Crippen molar-refractivity contribution in [1.29, 1.82) is 0 Å². The van der Waals surface area contributed by atoms with Crippen LogP contribution in [-0.4, -0.2) is 21.4 Å². The number of carbonyl (C=O) groups is 1. The number of carbonyl (C=O) groups excluding carboxylic acids is 1. The normalized spacial score (nSPS) is 11.1. The molecule has 0 aromatic carbocycles. The fraction of sp³-hybridized carbons (Fsp3) is 0.444. The highest BCUT2D eigenvalue weighted by molar-refractivity contribution is 5.86. The van der Waals surface area contributed by atoms with Crippen LogP contribution in [0.2, 0.25) is 0 Å². The van der Waals surface area contributed by atoms with Crippen LogP contribution in [0.5, 0.6) is 0 Å². The first-order valence-corrected chi connectivity index (χ1v) is 4.29. The summed E-state index contributed by atoms with van der Waals surface area (Å²) in [6, 6.07) is 0. The van der Waals surface area contributed by atoms with E-state index in [0.717, 1.165) is 5.69 Å². The van der Waals surface area contributed by atoms with Crippen LogP contribution in [0.4, 0.5) is 5.82 Å². The number of anilines is 1. The van der Waals surface area contributed by atoms with Crippen LogP contribution in [0, 0.1) is 6.92 Å². The molecule has 0 aliphatic carbocycles. The number of nitrogens with two attached hydrogens (primary N) is 1. The van der Waals surface area contributed by atoms with Gasteiger partial charge in [0.1, 0.15) is 11.4 Å². The van der Waals surface area contributed by atoms with Crippen LogP contribution in [0.15, 0.2) is 12.4 Å². The lowest BCUT2D eigenvalue weighted by Crippen LogP contribution is -2.45. The molecular weight excluding hydrogens is 180 g/mol. The maximum absolute atomic E-state index is 11.0. The minimum Gasteiger partial charge on any atom is -0.368 e. The molecule has 1 aromatic heterocycles. The van der Waals surface area contributed by atoms with E-state index in [1.54, 1.807) is 26.2 Å². The van der Waals surface area contributed by atoms with E-state index in [1.807, 2.05) is 6.92 Å². The summed E-state index contributed by atoms with van der Waals surface area (Å²) < 4.78 is 0. The van der Waals surface area contributed by atoms with Crippen molar-refractivity contribution < 1.29 is 4.79 Å². The van der Waals surface area contributed by atoms with E-state index in [0.29, 0.717) is 5.82 Å². The Bertz CT molecular complexity index is 348. The van der Waals surface area contributed by atoms with E-state index in [9.17, 15) is 4.79 Å². The van der Waals surface area contributed by atoms with E-state index in [2.05, 4.69) is 15.3 Å². The van der Waals surface area contributed by atoms with Gasteiger partial charge in [-0.05, 0) is 20.8 Å². The molecule has 1 rings (SSSR count). The van der Waals surface area contributed by atoms with E-state index in [-0.39, 0.29) is 0 Å². The van der Waals surface area contributed by atoms with E-state index in [1.165, 1.54) is 0 Å².